The Morgan fingerprint density at radius 2 is 1.48 bits per heavy atom. The Bertz CT molecular complexity index is 677. The minimum absolute atomic E-state index is 0.0523. The molecule has 0 amide bonds. The molecule has 3 aliphatic rings. The van der Waals surface area contributed by atoms with Gasteiger partial charge in [0.05, 0.1) is 6.61 Å². The lowest BCUT2D eigenvalue weighted by Crippen LogP contribution is -2.31. The molecule has 174 valence electrons. The minimum Gasteiger partial charge on any atom is -0.494 e. The van der Waals surface area contributed by atoms with Crippen molar-refractivity contribution in [3.05, 3.63) is 29.6 Å². The molecule has 3 saturated carbocycles. The third-order valence-corrected chi connectivity index (χ3v) is 9.13. The van der Waals surface area contributed by atoms with E-state index in [1.165, 1.54) is 83.5 Å². The number of rotatable bonds is 8. The van der Waals surface area contributed by atoms with Gasteiger partial charge in [0.1, 0.15) is 11.6 Å². The van der Waals surface area contributed by atoms with Crippen LogP contribution in [0.5, 0.6) is 5.75 Å². The summed E-state index contributed by atoms with van der Waals surface area (Å²) in [4.78, 5) is 0. The van der Waals surface area contributed by atoms with Crippen molar-refractivity contribution < 1.29 is 9.13 Å². The molecule has 3 fully saturated rings. The van der Waals surface area contributed by atoms with Crippen LogP contribution in [0.3, 0.4) is 0 Å². The topological polar surface area (TPSA) is 9.23 Å². The first-order chi connectivity index (χ1) is 15.2. The summed E-state index contributed by atoms with van der Waals surface area (Å²) in [5.41, 5.74) is 0.937. The van der Waals surface area contributed by atoms with E-state index in [9.17, 15) is 4.39 Å². The molecule has 0 radical (unpaired) electrons. The first-order valence-corrected chi connectivity index (χ1v) is 13.6. The van der Waals surface area contributed by atoms with Gasteiger partial charge in [0.25, 0.3) is 0 Å². The molecule has 31 heavy (non-hydrogen) atoms. The van der Waals surface area contributed by atoms with Crippen molar-refractivity contribution >= 4 is 0 Å². The van der Waals surface area contributed by atoms with Gasteiger partial charge in [0.15, 0.2) is 0 Å². The van der Waals surface area contributed by atoms with Crippen LogP contribution in [0.4, 0.5) is 4.39 Å². The van der Waals surface area contributed by atoms with Crippen LogP contribution in [0, 0.1) is 35.4 Å². The average Bonchev–Trinajstić information content (AvgIpc) is 2.81. The molecule has 3 aliphatic carbocycles. The smallest absolute Gasteiger partial charge is 0.130 e. The summed E-state index contributed by atoms with van der Waals surface area (Å²) in [5.74, 6) is 5.77. The third-order valence-electron chi connectivity index (χ3n) is 9.13. The first-order valence-electron chi connectivity index (χ1n) is 13.6. The van der Waals surface area contributed by atoms with Gasteiger partial charge >= 0.3 is 0 Å². The standard InChI is InChI=1S/C29H45FO/c1-3-17-31-27-15-16-28(29(30)20-27)26-14-13-24-18-23(11-12-25(24)19-26)10-9-22-7-5-21(4-2)6-8-22/h15-16,20-26H,3-14,17-19H2,1-2H3. The number of fused-ring (bicyclic) bond motifs is 1. The summed E-state index contributed by atoms with van der Waals surface area (Å²) >= 11 is 0. The molecule has 1 aromatic carbocycles. The van der Waals surface area contributed by atoms with Crippen molar-refractivity contribution in [2.24, 2.45) is 29.6 Å². The van der Waals surface area contributed by atoms with Crippen LogP contribution in [0.2, 0.25) is 0 Å². The number of ether oxygens (including phenoxy) is 1. The molecule has 4 rings (SSSR count). The first kappa shape index (κ1) is 23.1. The predicted molar refractivity (Wildman–Crippen MR) is 128 cm³/mol. The monoisotopic (exact) mass is 428 g/mol. The predicted octanol–water partition coefficient (Wildman–Crippen LogP) is 8.91. The van der Waals surface area contributed by atoms with Gasteiger partial charge in [-0.15, -0.1) is 0 Å². The quantitative estimate of drug-likeness (QED) is 0.401. The van der Waals surface area contributed by atoms with Gasteiger partial charge in [-0.3, -0.25) is 0 Å². The summed E-state index contributed by atoms with van der Waals surface area (Å²) in [6.07, 6.45) is 19.2. The van der Waals surface area contributed by atoms with E-state index < -0.39 is 0 Å². The highest BCUT2D eigenvalue weighted by Crippen LogP contribution is 2.49. The van der Waals surface area contributed by atoms with E-state index in [1.54, 1.807) is 6.07 Å². The van der Waals surface area contributed by atoms with Crippen LogP contribution >= 0.6 is 0 Å². The van der Waals surface area contributed by atoms with Crippen molar-refractivity contribution in [2.45, 2.75) is 110 Å². The lowest BCUT2D eigenvalue weighted by atomic mass is 9.63. The van der Waals surface area contributed by atoms with Gasteiger partial charge in [-0.1, -0.05) is 71.3 Å². The lowest BCUT2D eigenvalue weighted by Gasteiger charge is -2.43. The van der Waals surface area contributed by atoms with Crippen molar-refractivity contribution in [1.82, 2.24) is 0 Å². The number of halogens is 1. The van der Waals surface area contributed by atoms with E-state index in [2.05, 4.69) is 13.8 Å². The van der Waals surface area contributed by atoms with Crippen molar-refractivity contribution in [3.8, 4) is 5.75 Å². The number of benzene rings is 1. The molecule has 1 aromatic rings. The molecule has 0 saturated heterocycles. The zero-order valence-electron chi connectivity index (χ0n) is 20.1. The lowest BCUT2D eigenvalue weighted by molar-refractivity contribution is 0.108. The molecule has 0 heterocycles. The maximum Gasteiger partial charge on any atom is 0.130 e. The van der Waals surface area contributed by atoms with Crippen LogP contribution in [-0.2, 0) is 0 Å². The van der Waals surface area contributed by atoms with E-state index in [0.29, 0.717) is 18.3 Å². The molecule has 2 heteroatoms. The number of hydrogen-bond acceptors (Lipinski definition) is 1. The van der Waals surface area contributed by atoms with Crippen LogP contribution < -0.4 is 4.74 Å². The van der Waals surface area contributed by atoms with E-state index in [0.717, 1.165) is 41.6 Å². The maximum atomic E-state index is 14.8. The summed E-state index contributed by atoms with van der Waals surface area (Å²) in [6.45, 7) is 5.10. The Hall–Kier alpha value is -1.05. The highest BCUT2D eigenvalue weighted by atomic mass is 19.1. The van der Waals surface area contributed by atoms with Gasteiger partial charge in [-0.2, -0.15) is 0 Å². The van der Waals surface area contributed by atoms with E-state index in [-0.39, 0.29) is 5.82 Å². The largest absolute Gasteiger partial charge is 0.494 e. The molecule has 0 bridgehead atoms. The van der Waals surface area contributed by atoms with Gasteiger partial charge in [0.2, 0.25) is 0 Å². The van der Waals surface area contributed by atoms with E-state index in [4.69, 9.17) is 4.74 Å². The second-order valence-corrected chi connectivity index (χ2v) is 11.1. The minimum atomic E-state index is -0.0523. The second kappa shape index (κ2) is 11.2. The molecular weight excluding hydrogens is 383 g/mol. The Morgan fingerprint density at radius 3 is 2.23 bits per heavy atom. The van der Waals surface area contributed by atoms with Gasteiger partial charge in [-0.05, 0) is 85.7 Å². The molecule has 0 spiro atoms. The zero-order chi connectivity index (χ0) is 21.6. The van der Waals surface area contributed by atoms with Gasteiger partial charge in [0, 0.05) is 6.07 Å². The van der Waals surface area contributed by atoms with Crippen LogP contribution in [0.15, 0.2) is 18.2 Å². The fourth-order valence-corrected chi connectivity index (χ4v) is 7.08. The maximum absolute atomic E-state index is 14.8. The fraction of sp³-hybridized carbons (Fsp3) is 0.793. The van der Waals surface area contributed by atoms with Crippen LogP contribution in [-0.4, -0.2) is 6.61 Å². The van der Waals surface area contributed by atoms with Crippen LogP contribution in [0.25, 0.3) is 0 Å². The molecule has 0 aliphatic heterocycles. The molecule has 1 nitrogen and oxygen atoms in total. The normalized spacial score (nSPS) is 33.6. The van der Waals surface area contributed by atoms with Crippen LogP contribution in [0.1, 0.15) is 115 Å². The summed E-state index contributed by atoms with van der Waals surface area (Å²) in [6, 6.07) is 5.59. The molecule has 0 N–H and O–H groups in total. The Kier molecular flexibility index (Phi) is 8.35. The highest BCUT2D eigenvalue weighted by Gasteiger charge is 2.36. The summed E-state index contributed by atoms with van der Waals surface area (Å²) < 4.78 is 20.4. The van der Waals surface area contributed by atoms with Gasteiger partial charge in [-0.25, -0.2) is 4.39 Å². The fourth-order valence-electron chi connectivity index (χ4n) is 7.08. The second-order valence-electron chi connectivity index (χ2n) is 11.1. The Labute approximate surface area is 190 Å². The van der Waals surface area contributed by atoms with Gasteiger partial charge < -0.3 is 4.74 Å². The molecular formula is C29H45FO. The molecule has 4 atom stereocenters. The summed E-state index contributed by atoms with van der Waals surface area (Å²) in [5, 5.41) is 0. The zero-order valence-corrected chi connectivity index (χ0v) is 20.1. The molecule has 4 unspecified atom stereocenters. The van der Waals surface area contributed by atoms with Crippen molar-refractivity contribution in [3.63, 3.8) is 0 Å². The third kappa shape index (κ3) is 6.05. The SMILES string of the molecule is CCCOc1ccc(C2CCC3CC(CCC4CCC(CC)CC4)CCC3C2)c(F)c1. The Balaban J connectivity index is 1.23. The average molecular weight is 429 g/mol. The summed E-state index contributed by atoms with van der Waals surface area (Å²) in [7, 11) is 0. The van der Waals surface area contributed by atoms with E-state index >= 15 is 0 Å². The molecule has 0 aromatic heterocycles. The Morgan fingerprint density at radius 1 is 0.806 bits per heavy atom. The highest BCUT2D eigenvalue weighted by molar-refractivity contribution is 5.31. The number of hydrogen-bond donors (Lipinski definition) is 0. The van der Waals surface area contributed by atoms with E-state index in [1.807, 2.05) is 12.1 Å². The van der Waals surface area contributed by atoms with Crippen molar-refractivity contribution in [2.75, 3.05) is 6.61 Å². The van der Waals surface area contributed by atoms with Crippen molar-refractivity contribution in [1.29, 1.82) is 0 Å².